The molecule has 0 spiro atoms. The van der Waals surface area contributed by atoms with Gasteiger partial charge in [0.2, 0.25) is 11.8 Å². The van der Waals surface area contributed by atoms with Gasteiger partial charge in [0.15, 0.2) is 0 Å². The Morgan fingerprint density at radius 2 is 1.93 bits per heavy atom. The van der Waals surface area contributed by atoms with Gasteiger partial charge >= 0.3 is 0 Å². The maximum Gasteiger partial charge on any atom is 0.257 e. The minimum Gasteiger partial charge on any atom is -0.381 e. The van der Waals surface area contributed by atoms with Crippen molar-refractivity contribution >= 4 is 23.4 Å². The number of rotatable bonds is 11. The SMILES string of the molecule is CCCCOCCCNC(=O)CCCN1C(=O)c2ccccc2N2C(=O)CCC12C. The molecule has 2 aliphatic heterocycles. The van der Waals surface area contributed by atoms with Gasteiger partial charge in [0.25, 0.3) is 5.91 Å². The van der Waals surface area contributed by atoms with Crippen molar-refractivity contribution in [3.05, 3.63) is 29.8 Å². The third-order valence-electron chi connectivity index (χ3n) is 5.96. The molecular weight excluding hydrogens is 382 g/mol. The Kier molecular flexibility index (Phi) is 7.48. The summed E-state index contributed by atoms with van der Waals surface area (Å²) >= 11 is 0. The lowest BCUT2D eigenvalue weighted by atomic mass is 9.98. The molecule has 1 fully saturated rings. The highest BCUT2D eigenvalue weighted by Crippen LogP contribution is 2.43. The average Bonchev–Trinajstić information content (AvgIpc) is 3.05. The molecule has 0 bridgehead atoms. The van der Waals surface area contributed by atoms with Crippen LogP contribution in [0, 0.1) is 0 Å². The molecule has 1 aromatic rings. The fourth-order valence-corrected chi connectivity index (χ4v) is 4.28. The maximum atomic E-state index is 13.1. The number of ether oxygens (including phenoxy) is 1. The number of para-hydroxylation sites is 1. The first kappa shape index (κ1) is 22.3. The highest BCUT2D eigenvalue weighted by molar-refractivity contribution is 6.10. The Morgan fingerprint density at radius 1 is 1.17 bits per heavy atom. The second-order valence-electron chi connectivity index (χ2n) is 8.19. The van der Waals surface area contributed by atoms with Crippen LogP contribution in [0.2, 0.25) is 0 Å². The first-order valence-electron chi connectivity index (χ1n) is 11.1. The number of amides is 3. The summed E-state index contributed by atoms with van der Waals surface area (Å²) in [6, 6.07) is 7.28. The van der Waals surface area contributed by atoms with Gasteiger partial charge in [-0.15, -0.1) is 0 Å². The normalized spacial score (nSPS) is 20.3. The summed E-state index contributed by atoms with van der Waals surface area (Å²) in [5, 5.41) is 2.91. The zero-order valence-electron chi connectivity index (χ0n) is 18.1. The zero-order valence-corrected chi connectivity index (χ0v) is 18.1. The van der Waals surface area contributed by atoms with Gasteiger partial charge in [0, 0.05) is 39.1 Å². The van der Waals surface area contributed by atoms with E-state index in [9.17, 15) is 14.4 Å². The Morgan fingerprint density at radius 3 is 2.73 bits per heavy atom. The van der Waals surface area contributed by atoms with E-state index in [1.807, 2.05) is 25.1 Å². The summed E-state index contributed by atoms with van der Waals surface area (Å²) in [5.41, 5.74) is 0.592. The van der Waals surface area contributed by atoms with Gasteiger partial charge in [-0.05, 0) is 44.7 Å². The van der Waals surface area contributed by atoms with Crippen LogP contribution in [-0.2, 0) is 14.3 Å². The molecule has 0 saturated carbocycles. The number of nitrogens with one attached hydrogen (secondary N) is 1. The van der Waals surface area contributed by atoms with Gasteiger partial charge in [-0.2, -0.15) is 0 Å². The van der Waals surface area contributed by atoms with Gasteiger partial charge in [-0.25, -0.2) is 0 Å². The lowest BCUT2D eigenvalue weighted by molar-refractivity contribution is -0.121. The molecule has 1 unspecified atom stereocenters. The van der Waals surface area contributed by atoms with Crippen LogP contribution >= 0.6 is 0 Å². The summed E-state index contributed by atoms with van der Waals surface area (Å²) in [6.45, 7) is 6.55. The molecule has 0 aromatic heterocycles. The van der Waals surface area contributed by atoms with Crippen LogP contribution in [0.4, 0.5) is 5.69 Å². The first-order valence-corrected chi connectivity index (χ1v) is 11.1. The van der Waals surface area contributed by atoms with E-state index in [2.05, 4.69) is 12.2 Å². The summed E-state index contributed by atoms with van der Waals surface area (Å²) in [7, 11) is 0. The Hall–Kier alpha value is -2.41. The molecule has 1 N–H and O–H groups in total. The van der Waals surface area contributed by atoms with E-state index in [1.165, 1.54) is 0 Å². The highest BCUT2D eigenvalue weighted by atomic mass is 16.5. The van der Waals surface area contributed by atoms with Crippen LogP contribution in [-0.4, -0.2) is 54.6 Å². The summed E-state index contributed by atoms with van der Waals surface area (Å²) in [4.78, 5) is 41.4. The minimum absolute atomic E-state index is 0.0158. The van der Waals surface area contributed by atoms with Crippen LogP contribution in [0.3, 0.4) is 0 Å². The Labute approximate surface area is 178 Å². The molecule has 3 amide bonds. The van der Waals surface area contributed by atoms with E-state index in [1.54, 1.807) is 15.9 Å². The molecule has 2 aliphatic rings. The molecular formula is C23H33N3O4. The molecule has 0 radical (unpaired) electrons. The van der Waals surface area contributed by atoms with Crippen LogP contribution in [0.25, 0.3) is 0 Å². The molecule has 1 atom stereocenters. The standard InChI is InChI=1S/C23H33N3O4/c1-3-4-16-30-17-8-14-24-20(27)11-7-15-25-22(29)18-9-5-6-10-19(18)26-21(28)12-13-23(25,26)2/h5-6,9-10H,3-4,7-8,11-17H2,1-2H3,(H,24,27). The lowest BCUT2D eigenvalue weighted by Gasteiger charge is -2.48. The first-order chi connectivity index (χ1) is 14.5. The van der Waals surface area contributed by atoms with Crippen molar-refractivity contribution < 1.29 is 19.1 Å². The van der Waals surface area contributed by atoms with Gasteiger partial charge in [0.05, 0.1) is 11.3 Å². The monoisotopic (exact) mass is 415 g/mol. The summed E-state index contributed by atoms with van der Waals surface area (Å²) < 4.78 is 5.49. The van der Waals surface area contributed by atoms with E-state index in [-0.39, 0.29) is 17.7 Å². The number of fused-ring (bicyclic) bond motifs is 3. The zero-order chi connectivity index (χ0) is 21.6. The van der Waals surface area contributed by atoms with Crippen molar-refractivity contribution in [1.82, 2.24) is 10.2 Å². The minimum atomic E-state index is -0.658. The number of carbonyl (C=O) groups excluding carboxylic acids is 3. The van der Waals surface area contributed by atoms with Crippen molar-refractivity contribution in [3.8, 4) is 0 Å². The van der Waals surface area contributed by atoms with Crippen molar-refractivity contribution in [1.29, 1.82) is 0 Å². The van der Waals surface area contributed by atoms with Gasteiger partial charge in [-0.1, -0.05) is 25.5 Å². The average molecular weight is 416 g/mol. The van der Waals surface area contributed by atoms with Crippen LogP contribution in [0.1, 0.15) is 69.2 Å². The fraction of sp³-hybridized carbons (Fsp3) is 0.609. The molecule has 1 saturated heterocycles. The van der Waals surface area contributed by atoms with Crippen LogP contribution < -0.4 is 10.2 Å². The van der Waals surface area contributed by atoms with Gasteiger partial charge < -0.3 is 15.0 Å². The number of anilines is 1. The van der Waals surface area contributed by atoms with Crippen LogP contribution in [0.15, 0.2) is 24.3 Å². The topological polar surface area (TPSA) is 79.0 Å². The largest absolute Gasteiger partial charge is 0.381 e. The van der Waals surface area contributed by atoms with Crippen molar-refractivity contribution in [2.45, 2.75) is 64.5 Å². The number of carbonyl (C=O) groups is 3. The summed E-state index contributed by atoms with van der Waals surface area (Å²) in [6.07, 6.45) is 4.93. The number of nitrogens with zero attached hydrogens (tertiary/aromatic N) is 2. The van der Waals surface area contributed by atoms with E-state index in [0.29, 0.717) is 56.6 Å². The molecule has 7 nitrogen and oxygen atoms in total. The molecule has 0 aliphatic carbocycles. The molecule has 2 heterocycles. The molecule has 1 aromatic carbocycles. The quantitative estimate of drug-likeness (QED) is 0.564. The van der Waals surface area contributed by atoms with Crippen molar-refractivity contribution in [3.63, 3.8) is 0 Å². The second-order valence-corrected chi connectivity index (χ2v) is 8.19. The third-order valence-corrected chi connectivity index (χ3v) is 5.96. The van der Waals surface area contributed by atoms with Crippen LogP contribution in [0.5, 0.6) is 0 Å². The van der Waals surface area contributed by atoms with Crippen molar-refractivity contribution in [2.24, 2.45) is 0 Å². The molecule has 3 rings (SSSR count). The maximum absolute atomic E-state index is 13.1. The van der Waals surface area contributed by atoms with Gasteiger partial charge in [-0.3, -0.25) is 19.3 Å². The fourth-order valence-electron chi connectivity index (χ4n) is 4.28. The number of hydrogen-bond donors (Lipinski definition) is 1. The van der Waals surface area contributed by atoms with E-state index < -0.39 is 5.66 Å². The number of unbranched alkanes of at least 4 members (excludes halogenated alkanes) is 1. The number of hydrogen-bond acceptors (Lipinski definition) is 4. The van der Waals surface area contributed by atoms with Crippen molar-refractivity contribution in [2.75, 3.05) is 31.2 Å². The predicted molar refractivity (Wildman–Crippen MR) is 115 cm³/mol. The van der Waals surface area contributed by atoms with E-state index in [4.69, 9.17) is 4.74 Å². The Bertz CT molecular complexity index is 781. The number of benzene rings is 1. The molecule has 30 heavy (non-hydrogen) atoms. The lowest BCUT2D eigenvalue weighted by Crippen LogP contribution is -2.62. The smallest absolute Gasteiger partial charge is 0.257 e. The second kappa shape index (κ2) is 10.1. The summed E-state index contributed by atoms with van der Waals surface area (Å²) in [5.74, 6) is -0.0389. The third kappa shape index (κ3) is 4.67. The molecule has 164 valence electrons. The highest BCUT2D eigenvalue weighted by Gasteiger charge is 2.52. The molecule has 7 heteroatoms. The van der Waals surface area contributed by atoms with E-state index >= 15 is 0 Å². The predicted octanol–water partition coefficient (Wildman–Crippen LogP) is 3.09. The Balaban J connectivity index is 1.50. The van der Waals surface area contributed by atoms with Gasteiger partial charge in [0.1, 0.15) is 5.66 Å². The van der Waals surface area contributed by atoms with E-state index in [0.717, 1.165) is 25.9 Å².